The van der Waals surface area contributed by atoms with E-state index in [9.17, 15) is 9.90 Å². The van der Waals surface area contributed by atoms with Gasteiger partial charge in [0.2, 0.25) is 5.91 Å². The fraction of sp³-hybridized carbons (Fsp3) is 0.333. The van der Waals surface area contributed by atoms with Crippen LogP contribution in [0.5, 0.6) is 5.75 Å². The number of carbonyl (C=O) groups excluding carboxylic acids is 2. The molecule has 11 heteroatoms. The number of anilines is 3. The Morgan fingerprint density at radius 3 is 2.48 bits per heavy atom. The predicted octanol–water partition coefficient (Wildman–Crippen LogP) is 6.86. The quantitative estimate of drug-likeness (QED) is 0.109. The first kappa shape index (κ1) is 37.6. The molecule has 3 aliphatic heterocycles. The maximum absolute atomic E-state index is 15.1. The molecule has 5 atom stereocenters. The molecular formula is C45H49N5O5Si. The third-order valence-electron chi connectivity index (χ3n) is 12.4. The smallest absolute Gasteiger partial charge is 0.264 e. The van der Waals surface area contributed by atoms with E-state index >= 15 is 4.79 Å². The zero-order valence-electron chi connectivity index (χ0n) is 32.5. The number of amides is 2. The van der Waals surface area contributed by atoms with Gasteiger partial charge < -0.3 is 19.5 Å². The van der Waals surface area contributed by atoms with Crippen LogP contribution < -0.4 is 19.7 Å². The van der Waals surface area contributed by atoms with E-state index in [2.05, 4.69) is 55.1 Å². The number of fused-ring (bicyclic) bond motifs is 3. The van der Waals surface area contributed by atoms with Crippen molar-refractivity contribution in [1.29, 1.82) is 0 Å². The van der Waals surface area contributed by atoms with Gasteiger partial charge in [0.15, 0.2) is 5.60 Å². The van der Waals surface area contributed by atoms with Gasteiger partial charge in [-0.1, -0.05) is 97.2 Å². The maximum Gasteiger partial charge on any atom is 0.264 e. The number of hydrogen-bond acceptors (Lipinski definition) is 7. The normalized spacial score (nSPS) is 22.3. The highest BCUT2D eigenvalue weighted by atomic mass is 28.3. The van der Waals surface area contributed by atoms with Crippen molar-refractivity contribution in [3.05, 3.63) is 138 Å². The summed E-state index contributed by atoms with van der Waals surface area (Å²) in [6, 6.07) is 32.2. The highest BCUT2D eigenvalue weighted by molar-refractivity contribution is 6.91. The first-order chi connectivity index (χ1) is 27.1. The van der Waals surface area contributed by atoms with Crippen molar-refractivity contribution in [1.82, 2.24) is 15.0 Å². The number of methoxy groups -OCH3 is 1. The van der Waals surface area contributed by atoms with Crippen LogP contribution in [-0.4, -0.2) is 66.4 Å². The molecule has 0 bridgehead atoms. The number of aliphatic hydroxyl groups is 1. The lowest BCUT2D eigenvalue weighted by Gasteiger charge is -2.37. The van der Waals surface area contributed by atoms with Gasteiger partial charge in [-0.25, -0.2) is 0 Å². The van der Waals surface area contributed by atoms with Crippen molar-refractivity contribution in [3.63, 3.8) is 0 Å². The van der Waals surface area contributed by atoms with Crippen molar-refractivity contribution in [3.8, 4) is 5.75 Å². The monoisotopic (exact) mass is 767 g/mol. The summed E-state index contributed by atoms with van der Waals surface area (Å²) in [5.74, 6) is 0.201. The van der Waals surface area contributed by atoms with Crippen LogP contribution in [0.15, 0.2) is 116 Å². The van der Waals surface area contributed by atoms with Gasteiger partial charge in [-0.3, -0.25) is 19.2 Å². The summed E-state index contributed by atoms with van der Waals surface area (Å²) in [7, 11) is -0.741. The summed E-state index contributed by atoms with van der Waals surface area (Å²) in [5.41, 5.74) is 4.67. The van der Waals surface area contributed by atoms with E-state index in [1.165, 1.54) is 5.19 Å². The molecular weight excluding hydrogens is 719 g/mol. The van der Waals surface area contributed by atoms with Gasteiger partial charge in [0.1, 0.15) is 5.75 Å². The van der Waals surface area contributed by atoms with Crippen LogP contribution in [0.25, 0.3) is 0 Å². The van der Waals surface area contributed by atoms with Gasteiger partial charge in [-0.15, -0.1) is 11.7 Å². The largest absolute Gasteiger partial charge is 0.497 e. The summed E-state index contributed by atoms with van der Waals surface area (Å²) in [5, 5.41) is 20.5. The second-order valence-electron chi connectivity index (χ2n) is 15.8. The number of benzene rings is 4. The lowest BCUT2D eigenvalue weighted by atomic mass is 9.82. The zero-order valence-corrected chi connectivity index (χ0v) is 33.5. The number of aromatic nitrogens is 3. The Balaban J connectivity index is 1.20. The molecule has 10 nitrogen and oxygen atoms in total. The van der Waals surface area contributed by atoms with Crippen molar-refractivity contribution >= 4 is 42.1 Å². The van der Waals surface area contributed by atoms with E-state index in [1.54, 1.807) is 23.0 Å². The van der Waals surface area contributed by atoms with E-state index in [0.29, 0.717) is 38.0 Å². The van der Waals surface area contributed by atoms with Gasteiger partial charge in [0.05, 0.1) is 50.9 Å². The Hall–Kier alpha value is -5.36. The maximum atomic E-state index is 15.1. The highest BCUT2D eigenvalue weighted by Gasteiger charge is 2.66. The average Bonchev–Trinajstić information content (AvgIpc) is 3.88. The summed E-state index contributed by atoms with van der Waals surface area (Å²) in [6.45, 7) is 11.7. The molecule has 56 heavy (non-hydrogen) atoms. The Morgan fingerprint density at radius 1 is 1.00 bits per heavy atom. The summed E-state index contributed by atoms with van der Waals surface area (Å²) in [4.78, 5) is 32.3. The van der Waals surface area contributed by atoms with Gasteiger partial charge in [0, 0.05) is 42.9 Å². The number of para-hydroxylation sites is 1. The van der Waals surface area contributed by atoms with Crippen LogP contribution in [0.1, 0.15) is 48.1 Å². The zero-order chi connectivity index (χ0) is 39.2. The first-order valence-electron chi connectivity index (χ1n) is 19.5. The average molecular weight is 768 g/mol. The molecule has 8 rings (SSSR count). The molecule has 4 heterocycles. The molecule has 5 aromatic rings. The third kappa shape index (κ3) is 6.18. The van der Waals surface area contributed by atoms with E-state index in [-0.39, 0.29) is 41.9 Å². The summed E-state index contributed by atoms with van der Waals surface area (Å²) in [6.07, 6.45) is 5.04. The van der Waals surface area contributed by atoms with Crippen LogP contribution in [0.4, 0.5) is 17.1 Å². The number of rotatable bonds is 12. The number of hydrogen-bond donors (Lipinski definition) is 1. The van der Waals surface area contributed by atoms with Crippen molar-refractivity contribution in [2.75, 3.05) is 30.1 Å². The molecule has 288 valence electrons. The van der Waals surface area contributed by atoms with Crippen molar-refractivity contribution < 1.29 is 24.2 Å². The second-order valence-corrected chi connectivity index (χ2v) is 20.4. The molecule has 4 aromatic carbocycles. The summed E-state index contributed by atoms with van der Waals surface area (Å²) < 4.78 is 14.7. The third-order valence-corrected chi connectivity index (χ3v) is 16.8. The Morgan fingerprint density at radius 2 is 1.75 bits per heavy atom. The van der Waals surface area contributed by atoms with Crippen LogP contribution in [0.2, 0.25) is 18.6 Å². The van der Waals surface area contributed by atoms with Gasteiger partial charge in [-0.05, 0) is 65.9 Å². The van der Waals surface area contributed by atoms with Crippen molar-refractivity contribution in [2.24, 2.45) is 5.92 Å². The predicted molar refractivity (Wildman–Crippen MR) is 220 cm³/mol. The van der Waals surface area contributed by atoms with Crippen LogP contribution >= 0.6 is 0 Å². The second kappa shape index (κ2) is 14.9. The Bertz CT molecular complexity index is 2260. The number of nitrogens with zero attached hydrogens (tertiary/aromatic N) is 5. The first-order valence-corrected chi connectivity index (χ1v) is 22.6. The number of ether oxygens (including phenoxy) is 2. The standard InChI is InChI=1S/C45H49N5O5Si/c1-6-25-49-40-22-17-33(50-39-15-11-10-14-32(39)16-23-42(50)52)27-37(40)45(44(49)53)30(2)43(56(4,5)35-20-18-34(54-3)19-21-35)41(55-45)24-26-48-28-38(46-47-48)36(29-51)31-12-8-7-9-13-31/h6-15,17-22,27-28,30,36,41,43,51H,1,16,23-26,29H2,2-5H3/t30-,36?,41+,43-,45+/m1/s1. The molecule has 1 saturated heterocycles. The molecule has 1 fully saturated rings. The molecule has 0 saturated carbocycles. The van der Waals surface area contributed by atoms with Crippen LogP contribution in [0, 0.1) is 5.92 Å². The van der Waals surface area contributed by atoms with E-state index < -0.39 is 13.7 Å². The molecule has 2 amide bonds. The van der Waals surface area contributed by atoms with Gasteiger partial charge >= 0.3 is 0 Å². The van der Waals surface area contributed by atoms with E-state index in [0.717, 1.165) is 39.5 Å². The number of aliphatic hydroxyl groups excluding tert-OH is 1. The van der Waals surface area contributed by atoms with Crippen LogP contribution in [0.3, 0.4) is 0 Å². The van der Waals surface area contributed by atoms with Crippen LogP contribution in [-0.2, 0) is 32.9 Å². The van der Waals surface area contributed by atoms with E-state index in [4.69, 9.17) is 9.47 Å². The SMILES string of the molecule is C=CCN1C(=O)[C@@]2(O[C@@H](CCn3cc(C(CO)c4ccccc4)nn3)[C@H]([Si](C)(C)c3ccc(OC)cc3)[C@H]2C)c2cc(N3C(=O)CCc4ccccc43)ccc21. The molecule has 1 aromatic heterocycles. The summed E-state index contributed by atoms with van der Waals surface area (Å²) >= 11 is 0. The minimum Gasteiger partial charge on any atom is -0.497 e. The molecule has 0 aliphatic carbocycles. The lowest BCUT2D eigenvalue weighted by Crippen LogP contribution is -2.52. The molecule has 0 radical (unpaired) electrons. The minimum absolute atomic E-state index is 0.00915. The molecule has 1 N–H and O–H groups in total. The minimum atomic E-state index is -2.41. The highest BCUT2D eigenvalue weighted by Crippen LogP contribution is 2.60. The molecule has 3 aliphatic rings. The fourth-order valence-corrected chi connectivity index (χ4v) is 13.7. The number of carbonyl (C=O) groups is 2. The topological polar surface area (TPSA) is 110 Å². The Kier molecular flexibility index (Phi) is 10.0. The van der Waals surface area contributed by atoms with Crippen molar-refractivity contribution in [2.45, 2.75) is 69.0 Å². The lowest BCUT2D eigenvalue weighted by molar-refractivity contribution is -0.145. The van der Waals surface area contributed by atoms with Gasteiger partial charge in [-0.2, -0.15) is 0 Å². The van der Waals surface area contributed by atoms with Gasteiger partial charge in [0.25, 0.3) is 5.91 Å². The number of aryl methyl sites for hydroxylation is 2. The molecule has 1 unspecified atom stereocenters. The van der Waals surface area contributed by atoms with E-state index in [1.807, 2.05) is 89.7 Å². The molecule has 1 spiro atoms. The Labute approximate surface area is 329 Å². The fourth-order valence-electron chi connectivity index (χ4n) is 9.63.